The van der Waals surface area contributed by atoms with E-state index in [0.717, 1.165) is 0 Å². The molecule has 0 saturated carbocycles. The van der Waals surface area contributed by atoms with Crippen molar-refractivity contribution >= 4 is 17.8 Å². The molecule has 0 fully saturated rings. The number of halogens is 1. The molecule has 12 heavy (non-hydrogen) atoms. The minimum absolute atomic E-state index is 0.301. The summed E-state index contributed by atoms with van der Waals surface area (Å²) in [5, 5.41) is 0. The maximum atomic E-state index is 10.9. The van der Waals surface area contributed by atoms with Crippen molar-refractivity contribution in [3.63, 3.8) is 0 Å². The Morgan fingerprint density at radius 3 is 2.75 bits per heavy atom. The predicted octanol–water partition coefficient (Wildman–Crippen LogP) is 1.98. The minimum atomic E-state index is -0.634. The summed E-state index contributed by atoms with van der Waals surface area (Å²) in [6.07, 6.45) is 5.14. The molecule has 0 aromatic heterocycles. The van der Waals surface area contributed by atoms with Crippen molar-refractivity contribution in [3.8, 4) is 12.3 Å². The van der Waals surface area contributed by atoms with Crippen molar-refractivity contribution in [1.82, 2.24) is 0 Å². The second kappa shape index (κ2) is 3.80. The van der Waals surface area contributed by atoms with E-state index in [-0.39, 0.29) is 0 Å². The molecule has 0 saturated heterocycles. The zero-order valence-electron chi connectivity index (χ0n) is 6.08. The van der Waals surface area contributed by atoms with E-state index in [1.54, 1.807) is 24.3 Å². The van der Waals surface area contributed by atoms with Gasteiger partial charge in [0, 0.05) is 5.56 Å². The Morgan fingerprint density at radius 1 is 1.50 bits per heavy atom. The first-order chi connectivity index (χ1) is 5.79. The van der Waals surface area contributed by atoms with Crippen LogP contribution in [0.2, 0.25) is 0 Å². The Morgan fingerprint density at radius 2 is 2.17 bits per heavy atom. The highest BCUT2D eigenvalue weighted by Gasteiger charge is 2.09. The van der Waals surface area contributed by atoms with Gasteiger partial charge in [0.1, 0.15) is 11.9 Å². The van der Waals surface area contributed by atoms with Gasteiger partial charge in [-0.25, -0.2) is 4.79 Å². The molecule has 0 amide bonds. The standard InChI is InChI=1S/C9H5ClO2/c1-2-7-5-3-4-6-8(7)9(11)12-10/h1,3-6H. The number of hydrogen-bond donors (Lipinski definition) is 0. The summed E-state index contributed by atoms with van der Waals surface area (Å²) in [6, 6.07) is 6.62. The zero-order valence-corrected chi connectivity index (χ0v) is 6.84. The summed E-state index contributed by atoms with van der Waals surface area (Å²) in [5.41, 5.74) is 0.776. The van der Waals surface area contributed by atoms with Gasteiger partial charge in [-0.2, -0.15) is 0 Å². The largest absolute Gasteiger partial charge is 0.357 e. The van der Waals surface area contributed by atoms with Gasteiger partial charge in [0.25, 0.3) is 0 Å². The molecule has 0 N–H and O–H groups in total. The third-order valence-corrected chi connectivity index (χ3v) is 1.51. The van der Waals surface area contributed by atoms with Crippen molar-refractivity contribution in [2.24, 2.45) is 0 Å². The normalized spacial score (nSPS) is 8.67. The Kier molecular flexibility index (Phi) is 2.73. The average Bonchev–Trinajstić information content (AvgIpc) is 2.16. The van der Waals surface area contributed by atoms with E-state index < -0.39 is 5.97 Å². The highest BCUT2D eigenvalue weighted by Crippen LogP contribution is 2.09. The topological polar surface area (TPSA) is 26.3 Å². The SMILES string of the molecule is C#Cc1ccccc1C(=O)OCl. The minimum Gasteiger partial charge on any atom is -0.343 e. The van der Waals surface area contributed by atoms with Crippen LogP contribution in [0, 0.1) is 12.3 Å². The van der Waals surface area contributed by atoms with Crippen molar-refractivity contribution in [1.29, 1.82) is 0 Å². The molecule has 1 aromatic rings. The van der Waals surface area contributed by atoms with E-state index >= 15 is 0 Å². The van der Waals surface area contributed by atoms with Gasteiger partial charge in [-0.1, -0.05) is 18.1 Å². The third kappa shape index (κ3) is 1.58. The fourth-order valence-electron chi connectivity index (χ4n) is 0.829. The quantitative estimate of drug-likeness (QED) is 0.618. The van der Waals surface area contributed by atoms with E-state index in [0.29, 0.717) is 11.1 Å². The lowest BCUT2D eigenvalue weighted by molar-refractivity contribution is 0.0751. The summed E-state index contributed by atoms with van der Waals surface area (Å²) < 4.78 is 4.02. The van der Waals surface area contributed by atoms with Crippen LogP contribution < -0.4 is 0 Å². The van der Waals surface area contributed by atoms with Gasteiger partial charge in [0.2, 0.25) is 0 Å². The lowest BCUT2D eigenvalue weighted by Crippen LogP contribution is -2.00. The van der Waals surface area contributed by atoms with E-state index in [1.165, 1.54) is 0 Å². The molecule has 60 valence electrons. The Labute approximate surface area is 75.3 Å². The van der Waals surface area contributed by atoms with Crippen LogP contribution in [-0.2, 0) is 4.29 Å². The fourth-order valence-corrected chi connectivity index (χ4v) is 0.912. The van der Waals surface area contributed by atoms with Crippen LogP contribution in [0.1, 0.15) is 15.9 Å². The second-order valence-corrected chi connectivity index (χ2v) is 2.21. The van der Waals surface area contributed by atoms with E-state index in [2.05, 4.69) is 10.2 Å². The number of carbonyl (C=O) groups is 1. The van der Waals surface area contributed by atoms with Crippen molar-refractivity contribution in [2.75, 3.05) is 0 Å². The predicted molar refractivity (Wildman–Crippen MR) is 45.6 cm³/mol. The molecule has 0 aliphatic rings. The average molecular weight is 181 g/mol. The first-order valence-corrected chi connectivity index (χ1v) is 3.49. The Bertz CT molecular complexity index is 339. The molecule has 1 aromatic carbocycles. The lowest BCUT2D eigenvalue weighted by Gasteiger charge is -1.98. The zero-order chi connectivity index (χ0) is 8.97. The highest BCUT2D eigenvalue weighted by molar-refractivity contribution is 6.16. The second-order valence-electron chi connectivity index (χ2n) is 2.05. The monoisotopic (exact) mass is 180 g/mol. The molecule has 0 aliphatic heterocycles. The number of carbonyl (C=O) groups excluding carboxylic acids is 1. The maximum Gasteiger partial charge on any atom is 0.357 e. The maximum absolute atomic E-state index is 10.9. The van der Waals surface area contributed by atoms with Crippen LogP contribution in [0.3, 0.4) is 0 Å². The number of hydrogen-bond acceptors (Lipinski definition) is 2. The lowest BCUT2D eigenvalue weighted by atomic mass is 10.1. The molecule has 0 bridgehead atoms. The summed E-state index contributed by atoms with van der Waals surface area (Å²) in [7, 11) is 0. The molecular formula is C9H5ClO2. The molecule has 0 radical (unpaired) electrons. The van der Waals surface area contributed by atoms with Crippen molar-refractivity contribution in [2.45, 2.75) is 0 Å². The molecule has 2 nitrogen and oxygen atoms in total. The van der Waals surface area contributed by atoms with Crippen LogP contribution in [0.4, 0.5) is 0 Å². The first kappa shape index (κ1) is 8.63. The van der Waals surface area contributed by atoms with Gasteiger partial charge in [0.15, 0.2) is 0 Å². The molecular weight excluding hydrogens is 176 g/mol. The van der Waals surface area contributed by atoms with Crippen molar-refractivity contribution < 1.29 is 9.08 Å². The molecule has 0 unspecified atom stereocenters. The summed E-state index contributed by atoms with van der Waals surface area (Å²) >= 11 is 4.90. The molecule has 0 spiro atoms. The molecule has 1 rings (SSSR count). The van der Waals surface area contributed by atoms with Crippen LogP contribution in [0.5, 0.6) is 0 Å². The first-order valence-electron chi connectivity index (χ1n) is 3.18. The van der Waals surface area contributed by atoms with Crippen molar-refractivity contribution in [3.05, 3.63) is 35.4 Å². The van der Waals surface area contributed by atoms with Gasteiger partial charge in [-0.05, 0) is 12.1 Å². The van der Waals surface area contributed by atoms with E-state index in [1.807, 2.05) is 0 Å². The molecule has 0 aliphatic carbocycles. The van der Waals surface area contributed by atoms with E-state index in [9.17, 15) is 4.79 Å². The van der Waals surface area contributed by atoms with Crippen LogP contribution >= 0.6 is 11.9 Å². The van der Waals surface area contributed by atoms with Gasteiger partial charge < -0.3 is 4.29 Å². The molecule has 0 heterocycles. The summed E-state index contributed by atoms with van der Waals surface area (Å²) in [5.74, 6) is 1.72. The van der Waals surface area contributed by atoms with Gasteiger partial charge in [-0.3, -0.25) is 0 Å². The summed E-state index contributed by atoms with van der Waals surface area (Å²) in [6.45, 7) is 0. The Balaban J connectivity index is 3.16. The highest BCUT2D eigenvalue weighted by atomic mass is 35.5. The summed E-state index contributed by atoms with van der Waals surface area (Å²) in [4.78, 5) is 10.9. The van der Waals surface area contributed by atoms with Crippen LogP contribution in [0.25, 0.3) is 0 Å². The number of rotatable bonds is 1. The Hall–Kier alpha value is -1.46. The van der Waals surface area contributed by atoms with Gasteiger partial charge in [-0.15, -0.1) is 6.42 Å². The number of benzene rings is 1. The molecule has 0 atom stereocenters. The van der Waals surface area contributed by atoms with E-state index in [4.69, 9.17) is 18.3 Å². The van der Waals surface area contributed by atoms with Crippen LogP contribution in [0.15, 0.2) is 24.3 Å². The van der Waals surface area contributed by atoms with Crippen LogP contribution in [-0.4, -0.2) is 5.97 Å². The molecule has 3 heteroatoms. The number of terminal acetylenes is 1. The smallest absolute Gasteiger partial charge is 0.343 e. The van der Waals surface area contributed by atoms with Gasteiger partial charge >= 0.3 is 5.97 Å². The van der Waals surface area contributed by atoms with Gasteiger partial charge in [0.05, 0.1) is 5.56 Å². The fraction of sp³-hybridized carbons (Fsp3) is 0. The third-order valence-electron chi connectivity index (χ3n) is 1.37.